The van der Waals surface area contributed by atoms with E-state index in [1.54, 1.807) is 11.3 Å². The van der Waals surface area contributed by atoms with Crippen LogP contribution in [0.5, 0.6) is 0 Å². The molecule has 1 aromatic heterocycles. The van der Waals surface area contributed by atoms with E-state index >= 15 is 0 Å². The third-order valence-electron chi connectivity index (χ3n) is 3.40. The number of carbonyl (C=O) groups excluding carboxylic acids is 1. The highest BCUT2D eigenvalue weighted by Crippen LogP contribution is 2.37. The van der Waals surface area contributed by atoms with Gasteiger partial charge in [0.2, 0.25) is 5.91 Å². The summed E-state index contributed by atoms with van der Waals surface area (Å²) in [6, 6.07) is 0. The molecule has 4 heteroatoms. The lowest BCUT2D eigenvalue weighted by molar-refractivity contribution is -0.122. The first-order valence-electron chi connectivity index (χ1n) is 6.60. The molecule has 18 heavy (non-hydrogen) atoms. The van der Waals surface area contributed by atoms with Gasteiger partial charge in [0, 0.05) is 29.7 Å². The van der Waals surface area contributed by atoms with Gasteiger partial charge in [-0.15, -0.1) is 11.3 Å². The van der Waals surface area contributed by atoms with Crippen molar-refractivity contribution in [1.29, 1.82) is 0 Å². The van der Waals surface area contributed by atoms with Gasteiger partial charge >= 0.3 is 0 Å². The molecule has 0 radical (unpaired) electrons. The van der Waals surface area contributed by atoms with Crippen LogP contribution < -0.4 is 5.32 Å². The van der Waals surface area contributed by atoms with Gasteiger partial charge in [-0.25, -0.2) is 4.98 Å². The number of rotatable bonds is 4. The van der Waals surface area contributed by atoms with Crippen molar-refractivity contribution in [2.45, 2.75) is 46.0 Å². The van der Waals surface area contributed by atoms with Gasteiger partial charge in [-0.1, -0.05) is 27.7 Å². The maximum Gasteiger partial charge on any atom is 0.223 e. The van der Waals surface area contributed by atoms with Crippen LogP contribution in [0.2, 0.25) is 0 Å². The van der Waals surface area contributed by atoms with Gasteiger partial charge in [0.15, 0.2) is 0 Å². The quantitative estimate of drug-likeness (QED) is 0.910. The number of amides is 1. The van der Waals surface area contributed by atoms with Gasteiger partial charge in [-0.05, 0) is 12.3 Å². The molecule has 3 nitrogen and oxygen atoms in total. The number of nitrogens with zero attached hydrogens (tertiary/aromatic N) is 1. The van der Waals surface area contributed by atoms with E-state index in [4.69, 9.17) is 0 Å². The van der Waals surface area contributed by atoms with Gasteiger partial charge in [-0.3, -0.25) is 4.79 Å². The number of hydrogen-bond donors (Lipinski definition) is 1. The van der Waals surface area contributed by atoms with Crippen LogP contribution in [0.15, 0.2) is 5.38 Å². The molecule has 1 heterocycles. The highest BCUT2D eigenvalue weighted by Gasteiger charge is 2.38. The topological polar surface area (TPSA) is 42.0 Å². The Morgan fingerprint density at radius 1 is 1.56 bits per heavy atom. The molecule has 1 N–H and O–H groups in total. The standard InChI is InChI=1S/C14H22N2OS/c1-9-7-10(9)13(17)15-6-5-12-16-11(8-18-12)14(2,3)4/h8-10H,5-7H2,1-4H3,(H,15,17)/t9-,10-/m0/s1. The first kappa shape index (κ1) is 13.5. The van der Waals surface area contributed by atoms with E-state index in [1.807, 2.05) is 0 Å². The van der Waals surface area contributed by atoms with Crippen LogP contribution in [-0.4, -0.2) is 17.4 Å². The number of hydrogen-bond acceptors (Lipinski definition) is 3. The van der Waals surface area contributed by atoms with Crippen molar-refractivity contribution < 1.29 is 4.79 Å². The van der Waals surface area contributed by atoms with Crippen LogP contribution in [0.1, 0.15) is 44.8 Å². The van der Waals surface area contributed by atoms with E-state index in [0.717, 1.165) is 23.5 Å². The molecule has 0 aromatic carbocycles. The second-order valence-corrected chi connectivity index (χ2v) is 7.18. The van der Waals surface area contributed by atoms with Crippen LogP contribution in [-0.2, 0) is 16.6 Å². The Balaban J connectivity index is 1.77. The van der Waals surface area contributed by atoms with Crippen LogP contribution in [0.3, 0.4) is 0 Å². The summed E-state index contributed by atoms with van der Waals surface area (Å²) >= 11 is 1.69. The first-order chi connectivity index (χ1) is 8.38. The molecular weight excluding hydrogens is 244 g/mol. The van der Waals surface area contributed by atoms with Gasteiger partial charge in [0.1, 0.15) is 0 Å². The fraction of sp³-hybridized carbons (Fsp3) is 0.714. The molecule has 1 aliphatic rings. The monoisotopic (exact) mass is 266 g/mol. The Hall–Kier alpha value is -0.900. The number of nitrogens with one attached hydrogen (secondary N) is 1. The SMILES string of the molecule is C[C@H]1C[C@@H]1C(=O)NCCc1nc(C(C)(C)C)cs1. The molecule has 1 saturated carbocycles. The third-order valence-corrected chi connectivity index (χ3v) is 4.31. The van der Waals surface area contributed by atoms with Gasteiger partial charge in [-0.2, -0.15) is 0 Å². The van der Waals surface area contributed by atoms with Crippen molar-refractivity contribution in [3.05, 3.63) is 16.1 Å². The Bertz CT molecular complexity index is 433. The minimum atomic E-state index is 0.113. The zero-order valence-corrected chi connectivity index (χ0v) is 12.4. The molecule has 0 spiro atoms. The summed E-state index contributed by atoms with van der Waals surface area (Å²) in [5.74, 6) is 1.07. The van der Waals surface area contributed by atoms with Crippen molar-refractivity contribution in [2.75, 3.05) is 6.54 Å². The van der Waals surface area contributed by atoms with Crippen molar-refractivity contribution in [3.63, 3.8) is 0 Å². The number of thiazole rings is 1. The van der Waals surface area contributed by atoms with Crippen LogP contribution >= 0.6 is 11.3 Å². The molecular formula is C14H22N2OS. The summed E-state index contributed by atoms with van der Waals surface area (Å²) in [7, 11) is 0. The molecule has 1 aromatic rings. The molecule has 1 amide bonds. The van der Waals surface area contributed by atoms with Gasteiger partial charge in [0.05, 0.1) is 10.7 Å². The summed E-state index contributed by atoms with van der Waals surface area (Å²) in [5.41, 5.74) is 1.26. The van der Waals surface area contributed by atoms with E-state index < -0.39 is 0 Å². The van der Waals surface area contributed by atoms with Gasteiger partial charge in [0.25, 0.3) is 0 Å². The number of carbonyl (C=O) groups is 1. The lowest BCUT2D eigenvalue weighted by atomic mass is 9.93. The van der Waals surface area contributed by atoms with E-state index in [9.17, 15) is 4.79 Å². The van der Waals surface area contributed by atoms with Crippen molar-refractivity contribution in [2.24, 2.45) is 11.8 Å². The molecule has 1 aliphatic carbocycles. The smallest absolute Gasteiger partial charge is 0.223 e. The normalized spacial score (nSPS) is 22.9. The maximum atomic E-state index is 11.6. The maximum absolute atomic E-state index is 11.6. The second-order valence-electron chi connectivity index (χ2n) is 6.24. The summed E-state index contributed by atoms with van der Waals surface area (Å²) in [5, 5.41) is 6.24. The third kappa shape index (κ3) is 3.31. The molecule has 0 saturated heterocycles. The van der Waals surface area contributed by atoms with E-state index in [-0.39, 0.29) is 17.2 Å². The van der Waals surface area contributed by atoms with Crippen LogP contribution in [0.25, 0.3) is 0 Å². The molecule has 0 unspecified atom stereocenters. The predicted octanol–water partition coefficient (Wildman–Crippen LogP) is 2.76. The van der Waals surface area contributed by atoms with Crippen molar-refractivity contribution in [3.8, 4) is 0 Å². The first-order valence-corrected chi connectivity index (χ1v) is 7.48. The largest absolute Gasteiger partial charge is 0.355 e. The average molecular weight is 266 g/mol. The Morgan fingerprint density at radius 3 is 2.72 bits per heavy atom. The summed E-state index contributed by atoms with van der Waals surface area (Å²) in [6.07, 6.45) is 1.89. The highest BCUT2D eigenvalue weighted by molar-refractivity contribution is 7.09. The van der Waals surface area contributed by atoms with E-state index in [1.165, 1.54) is 0 Å². The zero-order chi connectivity index (χ0) is 13.3. The van der Waals surface area contributed by atoms with E-state index in [0.29, 0.717) is 12.5 Å². The highest BCUT2D eigenvalue weighted by atomic mass is 32.1. The molecule has 0 aliphatic heterocycles. The van der Waals surface area contributed by atoms with Crippen molar-refractivity contribution >= 4 is 17.2 Å². The Kier molecular flexibility index (Phi) is 3.76. The fourth-order valence-corrected chi connectivity index (χ4v) is 2.91. The minimum Gasteiger partial charge on any atom is -0.355 e. The van der Waals surface area contributed by atoms with Crippen LogP contribution in [0, 0.1) is 11.8 Å². The average Bonchev–Trinajstić information content (AvgIpc) is 2.80. The second kappa shape index (κ2) is 5.00. The molecule has 2 rings (SSSR count). The molecule has 2 atom stereocenters. The Morgan fingerprint density at radius 2 is 2.22 bits per heavy atom. The summed E-state index contributed by atoms with van der Waals surface area (Å²) in [6.45, 7) is 9.34. The van der Waals surface area contributed by atoms with E-state index in [2.05, 4.69) is 43.4 Å². The Labute approximate surface area is 113 Å². The molecule has 0 bridgehead atoms. The van der Waals surface area contributed by atoms with Gasteiger partial charge < -0.3 is 5.32 Å². The minimum absolute atomic E-state index is 0.113. The summed E-state index contributed by atoms with van der Waals surface area (Å²) < 4.78 is 0. The number of aromatic nitrogens is 1. The molecule has 100 valence electrons. The lowest BCUT2D eigenvalue weighted by Gasteiger charge is -2.14. The van der Waals surface area contributed by atoms with Crippen LogP contribution in [0.4, 0.5) is 0 Å². The summed E-state index contributed by atoms with van der Waals surface area (Å²) in [4.78, 5) is 16.3. The van der Waals surface area contributed by atoms with Crippen molar-refractivity contribution in [1.82, 2.24) is 10.3 Å². The lowest BCUT2D eigenvalue weighted by Crippen LogP contribution is -2.27. The fourth-order valence-electron chi connectivity index (χ4n) is 1.88. The zero-order valence-electron chi connectivity index (χ0n) is 11.6. The predicted molar refractivity (Wildman–Crippen MR) is 74.8 cm³/mol. The molecule has 1 fully saturated rings.